The summed E-state index contributed by atoms with van der Waals surface area (Å²) in [6.45, 7) is 3.93. The minimum Gasteiger partial charge on any atom is -0.465 e. The molecule has 7 nitrogen and oxygen atoms in total. The van der Waals surface area contributed by atoms with Gasteiger partial charge in [-0.3, -0.25) is 4.18 Å². The Bertz CT molecular complexity index is 1530. The Morgan fingerprint density at radius 2 is 1.67 bits per heavy atom. The van der Waals surface area contributed by atoms with Crippen LogP contribution in [0.2, 0.25) is 0 Å². The molecule has 2 saturated carbocycles. The highest BCUT2D eigenvalue weighted by molar-refractivity contribution is 7.86. The summed E-state index contributed by atoms with van der Waals surface area (Å²) >= 11 is 0. The van der Waals surface area contributed by atoms with Crippen LogP contribution in [0.1, 0.15) is 105 Å². The molecule has 2 aromatic rings. The van der Waals surface area contributed by atoms with Crippen molar-refractivity contribution in [1.82, 2.24) is 0 Å². The van der Waals surface area contributed by atoms with E-state index in [0.717, 1.165) is 82.1 Å². The van der Waals surface area contributed by atoms with Crippen LogP contribution in [-0.2, 0) is 34.9 Å². The van der Waals surface area contributed by atoms with Crippen LogP contribution in [-0.4, -0.2) is 53.2 Å². The summed E-state index contributed by atoms with van der Waals surface area (Å²) in [5.41, 5.74) is 5.15. The zero-order valence-corrected chi connectivity index (χ0v) is 28.1. The fourth-order valence-electron chi connectivity index (χ4n) is 9.31. The lowest BCUT2D eigenvalue weighted by molar-refractivity contribution is -0.213. The zero-order chi connectivity index (χ0) is 31.7. The third-order valence-corrected chi connectivity index (χ3v) is 11.9. The molecule has 8 heteroatoms. The molecule has 2 aliphatic heterocycles. The topological polar surface area (TPSA) is 80.3 Å². The quantitative estimate of drug-likeness (QED) is 0.235. The SMILES string of the molecule is C[C@]12C[C@H](c3ccc(C#CCOS(C)(=O)=O)cc3)[C@@H]3c4ccc(OC5CCCCO5)cc4CC[C@H]3[C@@H]1CC[C@@H]2OC1CCCCO1. The molecule has 0 aromatic heterocycles. The van der Waals surface area contributed by atoms with Crippen molar-refractivity contribution >= 4 is 10.1 Å². The molecule has 0 N–H and O–H groups in total. The maximum absolute atomic E-state index is 11.3. The summed E-state index contributed by atoms with van der Waals surface area (Å²) in [6.07, 6.45) is 13.2. The van der Waals surface area contributed by atoms with Gasteiger partial charge in [0.15, 0.2) is 12.6 Å². The van der Waals surface area contributed by atoms with Crippen LogP contribution in [0.5, 0.6) is 5.75 Å². The third-order valence-electron chi connectivity index (χ3n) is 11.4. The second-order valence-corrected chi connectivity index (χ2v) is 16.0. The molecule has 0 amide bonds. The van der Waals surface area contributed by atoms with Crippen molar-refractivity contribution in [3.8, 4) is 17.6 Å². The summed E-state index contributed by atoms with van der Waals surface area (Å²) in [5.74, 6) is 8.77. The highest BCUT2D eigenvalue weighted by Crippen LogP contribution is 2.65. The first-order valence-corrected chi connectivity index (χ1v) is 19.2. The van der Waals surface area contributed by atoms with E-state index < -0.39 is 10.1 Å². The highest BCUT2D eigenvalue weighted by Gasteiger charge is 2.59. The van der Waals surface area contributed by atoms with Gasteiger partial charge in [-0.2, -0.15) is 8.42 Å². The van der Waals surface area contributed by atoms with E-state index in [1.165, 1.54) is 36.0 Å². The molecule has 0 spiro atoms. The Kier molecular flexibility index (Phi) is 9.51. The maximum atomic E-state index is 11.3. The minimum absolute atomic E-state index is 0.0753. The lowest BCUT2D eigenvalue weighted by atomic mass is 9.51. The standard InChI is InChI=1S/C38H48O7S/c1-38-25-32(27-13-11-26(12-14-27)8-7-23-43-46(2,39)40)37-30-18-16-29(44-35-9-3-5-21-41-35)24-28(30)15-17-31(37)33(38)19-20-34(38)45-36-10-4-6-22-42-36/h11-14,16,18,24,31-37H,3-6,9-10,15,17,19-23,25H2,1-2H3/t31-,32+,33-,34-,35?,36?,37+,38-/m0/s1. The average molecular weight is 649 g/mol. The average Bonchev–Trinajstić information content (AvgIpc) is 3.38. The van der Waals surface area contributed by atoms with E-state index in [-0.39, 0.29) is 30.7 Å². The van der Waals surface area contributed by atoms with Gasteiger partial charge in [0.1, 0.15) is 12.4 Å². The van der Waals surface area contributed by atoms with Crippen LogP contribution >= 0.6 is 0 Å². The predicted octanol–water partition coefficient (Wildman–Crippen LogP) is 7.08. The van der Waals surface area contributed by atoms with Crippen molar-refractivity contribution in [3.05, 3.63) is 64.7 Å². The lowest BCUT2D eigenvalue weighted by Gasteiger charge is -2.54. The fraction of sp³-hybridized carbons (Fsp3) is 0.632. The predicted molar refractivity (Wildman–Crippen MR) is 176 cm³/mol. The van der Waals surface area contributed by atoms with Gasteiger partial charge in [0.05, 0.1) is 19.0 Å². The van der Waals surface area contributed by atoms with Crippen molar-refractivity contribution in [2.45, 2.75) is 108 Å². The molecule has 0 radical (unpaired) electrons. The van der Waals surface area contributed by atoms with Gasteiger partial charge in [0, 0.05) is 18.6 Å². The van der Waals surface area contributed by atoms with Crippen molar-refractivity contribution in [1.29, 1.82) is 0 Å². The summed E-state index contributed by atoms with van der Waals surface area (Å²) in [7, 11) is -3.51. The summed E-state index contributed by atoms with van der Waals surface area (Å²) in [5, 5.41) is 0. The van der Waals surface area contributed by atoms with Gasteiger partial charge in [-0.05, 0) is 134 Å². The van der Waals surface area contributed by atoms with Crippen LogP contribution in [0, 0.1) is 29.1 Å². The van der Waals surface area contributed by atoms with Gasteiger partial charge in [-0.15, -0.1) is 0 Å². The van der Waals surface area contributed by atoms with Gasteiger partial charge in [0.2, 0.25) is 0 Å². The van der Waals surface area contributed by atoms with E-state index in [2.05, 4.69) is 61.2 Å². The smallest absolute Gasteiger partial charge is 0.265 e. The monoisotopic (exact) mass is 648 g/mol. The summed E-state index contributed by atoms with van der Waals surface area (Å²) in [6, 6.07) is 15.4. The van der Waals surface area contributed by atoms with Gasteiger partial charge in [-0.1, -0.05) is 37.0 Å². The number of ether oxygens (including phenoxy) is 4. The number of aryl methyl sites for hydroxylation is 1. The minimum atomic E-state index is -3.51. The Hall–Kier alpha value is -2.41. The molecular weight excluding hydrogens is 600 g/mol. The molecule has 46 heavy (non-hydrogen) atoms. The first-order valence-electron chi connectivity index (χ1n) is 17.4. The van der Waals surface area contributed by atoms with E-state index in [0.29, 0.717) is 23.7 Å². The van der Waals surface area contributed by atoms with Gasteiger partial charge in [0.25, 0.3) is 10.1 Å². The van der Waals surface area contributed by atoms with Crippen molar-refractivity contribution in [2.24, 2.45) is 17.3 Å². The van der Waals surface area contributed by atoms with E-state index in [4.69, 9.17) is 23.1 Å². The normalized spacial score (nSPS) is 34.0. The Labute approximate surface area is 274 Å². The Balaban J connectivity index is 1.18. The van der Waals surface area contributed by atoms with Crippen molar-refractivity contribution in [2.75, 3.05) is 26.1 Å². The molecule has 248 valence electrons. The summed E-state index contributed by atoms with van der Waals surface area (Å²) < 4.78 is 52.5. The fourth-order valence-corrected chi connectivity index (χ4v) is 9.58. The molecular formula is C38H48O7S. The molecule has 4 fully saturated rings. The second kappa shape index (κ2) is 13.6. The van der Waals surface area contributed by atoms with E-state index in [9.17, 15) is 8.42 Å². The number of rotatable bonds is 7. The number of benzene rings is 2. The van der Waals surface area contributed by atoms with E-state index in [1.54, 1.807) is 0 Å². The van der Waals surface area contributed by atoms with Crippen molar-refractivity contribution < 1.29 is 31.5 Å². The molecule has 3 aliphatic carbocycles. The van der Waals surface area contributed by atoms with Crippen LogP contribution < -0.4 is 4.74 Å². The maximum Gasteiger partial charge on any atom is 0.265 e. The number of hydrogen-bond donors (Lipinski definition) is 0. The molecule has 5 aliphatic rings. The summed E-state index contributed by atoms with van der Waals surface area (Å²) in [4.78, 5) is 0. The van der Waals surface area contributed by atoms with Crippen LogP contribution in [0.3, 0.4) is 0 Å². The second-order valence-electron chi connectivity index (χ2n) is 14.3. The molecule has 8 atom stereocenters. The first kappa shape index (κ1) is 32.2. The molecule has 2 aromatic carbocycles. The third kappa shape index (κ3) is 6.91. The van der Waals surface area contributed by atoms with Gasteiger partial charge in [-0.25, -0.2) is 0 Å². The van der Waals surface area contributed by atoms with Crippen LogP contribution in [0.4, 0.5) is 0 Å². The molecule has 0 bridgehead atoms. The molecule has 2 unspecified atom stereocenters. The lowest BCUT2D eigenvalue weighted by Crippen LogP contribution is -2.48. The Morgan fingerprint density at radius 1 is 0.913 bits per heavy atom. The highest BCUT2D eigenvalue weighted by atomic mass is 32.2. The molecule has 7 rings (SSSR count). The largest absolute Gasteiger partial charge is 0.465 e. The molecule has 2 heterocycles. The van der Waals surface area contributed by atoms with Crippen LogP contribution in [0.15, 0.2) is 42.5 Å². The van der Waals surface area contributed by atoms with Gasteiger partial charge >= 0.3 is 0 Å². The van der Waals surface area contributed by atoms with E-state index >= 15 is 0 Å². The number of hydrogen-bond acceptors (Lipinski definition) is 7. The van der Waals surface area contributed by atoms with Crippen LogP contribution in [0.25, 0.3) is 0 Å². The molecule has 2 saturated heterocycles. The van der Waals surface area contributed by atoms with E-state index in [1.807, 2.05) is 0 Å². The zero-order valence-electron chi connectivity index (χ0n) is 27.2. The first-order chi connectivity index (χ1) is 22.3. The van der Waals surface area contributed by atoms with Crippen molar-refractivity contribution in [3.63, 3.8) is 0 Å². The Morgan fingerprint density at radius 3 is 2.39 bits per heavy atom. The number of fused-ring (bicyclic) bond motifs is 5. The van der Waals surface area contributed by atoms with Gasteiger partial charge < -0.3 is 18.9 Å².